The van der Waals surface area contributed by atoms with Crippen molar-refractivity contribution in [1.29, 1.82) is 0 Å². The van der Waals surface area contributed by atoms with Crippen LogP contribution in [0.4, 0.5) is 0 Å². The minimum absolute atomic E-state index is 0.100. The van der Waals surface area contributed by atoms with Crippen molar-refractivity contribution in [2.24, 2.45) is 0 Å². The van der Waals surface area contributed by atoms with Crippen LogP contribution in [0, 0.1) is 24.5 Å². The first-order valence-corrected chi connectivity index (χ1v) is 18.5. The molecule has 278 valence electrons. The normalized spacial score (nSPS) is 20.2. The summed E-state index contributed by atoms with van der Waals surface area (Å²) in [6.07, 6.45) is 4.85. The molecule has 0 saturated carbocycles. The SMILES string of the molecule is C#CCN(C)C(=O)CN(C)CCNC(=O)C(C)(C)NC(=O)CCCCc1ccc(Cc2cc([C@@H]3OC(C#SC)[C@@H](O)[C@H](O)[C@H]3O)ccc2C)cc1. The Morgan fingerprint density at radius 1 is 1.00 bits per heavy atom. The van der Waals surface area contributed by atoms with Crippen molar-refractivity contribution < 1.29 is 34.4 Å². The number of benzene rings is 2. The highest BCUT2D eigenvalue weighted by Gasteiger charge is 2.43. The fourth-order valence-corrected chi connectivity index (χ4v) is 6.22. The Morgan fingerprint density at radius 3 is 2.35 bits per heavy atom. The van der Waals surface area contributed by atoms with Crippen molar-refractivity contribution in [2.45, 2.75) is 88.9 Å². The maximum atomic E-state index is 12.8. The van der Waals surface area contributed by atoms with E-state index in [-0.39, 0.29) is 30.8 Å². The highest BCUT2D eigenvalue weighted by atomic mass is 32.1. The zero-order chi connectivity index (χ0) is 37.7. The van der Waals surface area contributed by atoms with Gasteiger partial charge in [0.15, 0.2) is 0 Å². The van der Waals surface area contributed by atoms with Gasteiger partial charge in [-0.2, -0.15) is 0 Å². The van der Waals surface area contributed by atoms with E-state index in [4.69, 9.17) is 11.2 Å². The number of carbonyl (C=O) groups is 3. The molecule has 2 aromatic carbocycles. The van der Waals surface area contributed by atoms with Crippen LogP contribution in [0.15, 0.2) is 42.5 Å². The summed E-state index contributed by atoms with van der Waals surface area (Å²) in [5.41, 5.74) is 4.09. The first-order valence-electron chi connectivity index (χ1n) is 17.3. The third-order valence-electron chi connectivity index (χ3n) is 9.04. The summed E-state index contributed by atoms with van der Waals surface area (Å²) in [6.45, 7) is 6.60. The zero-order valence-corrected chi connectivity index (χ0v) is 31.5. The Morgan fingerprint density at radius 2 is 1.69 bits per heavy atom. The van der Waals surface area contributed by atoms with Gasteiger partial charge in [-0.25, -0.2) is 0 Å². The number of likely N-dealkylation sites (N-methyl/N-ethyl adjacent to an activating group) is 2. The molecular weight excluding hydrogens is 669 g/mol. The fraction of sp³-hybridized carbons (Fsp3) is 0.538. The van der Waals surface area contributed by atoms with Crippen LogP contribution in [-0.2, 0) is 32.0 Å². The van der Waals surface area contributed by atoms with Crippen molar-refractivity contribution in [2.75, 3.05) is 46.5 Å². The van der Waals surface area contributed by atoms with Gasteiger partial charge in [-0.1, -0.05) is 53.6 Å². The van der Waals surface area contributed by atoms with Gasteiger partial charge in [-0.15, -0.1) is 17.6 Å². The molecule has 1 heterocycles. The Labute approximate surface area is 306 Å². The lowest BCUT2D eigenvalue weighted by Crippen LogP contribution is -2.55. The van der Waals surface area contributed by atoms with Crippen LogP contribution in [0.3, 0.4) is 0 Å². The first-order chi connectivity index (χ1) is 24.2. The van der Waals surface area contributed by atoms with Crippen molar-refractivity contribution in [3.05, 3.63) is 70.3 Å². The monoisotopic (exact) mass is 722 g/mol. The number of nitrogens with one attached hydrogen (secondary N) is 2. The second-order valence-electron chi connectivity index (χ2n) is 13.8. The van der Waals surface area contributed by atoms with Crippen LogP contribution in [0.2, 0.25) is 0 Å². The van der Waals surface area contributed by atoms with E-state index in [1.807, 2.05) is 25.1 Å². The van der Waals surface area contributed by atoms with Gasteiger partial charge >= 0.3 is 0 Å². The van der Waals surface area contributed by atoms with Gasteiger partial charge in [0.25, 0.3) is 0 Å². The van der Waals surface area contributed by atoms with E-state index in [1.165, 1.54) is 16.1 Å². The molecule has 0 radical (unpaired) electrons. The summed E-state index contributed by atoms with van der Waals surface area (Å²) >= 11 is 1.26. The van der Waals surface area contributed by atoms with Crippen LogP contribution in [-0.4, -0.2) is 119 Å². The van der Waals surface area contributed by atoms with Gasteiger partial charge in [0.05, 0.1) is 13.1 Å². The average molecular weight is 723 g/mol. The number of hydrogen-bond donors (Lipinski definition) is 5. The maximum Gasteiger partial charge on any atom is 0.245 e. The summed E-state index contributed by atoms with van der Waals surface area (Å²) < 4.78 is 5.96. The van der Waals surface area contributed by atoms with Gasteiger partial charge in [0.2, 0.25) is 17.7 Å². The van der Waals surface area contributed by atoms with Crippen molar-refractivity contribution in [3.8, 4) is 17.5 Å². The lowest BCUT2D eigenvalue weighted by atomic mass is 9.89. The van der Waals surface area contributed by atoms with E-state index in [1.54, 1.807) is 39.1 Å². The minimum Gasteiger partial charge on any atom is -0.387 e. The molecule has 12 heteroatoms. The Kier molecular flexibility index (Phi) is 16.1. The highest BCUT2D eigenvalue weighted by molar-refractivity contribution is 7.87. The Hall–Kier alpha value is -3.79. The first kappa shape index (κ1) is 41.6. The van der Waals surface area contributed by atoms with Gasteiger partial charge in [-0.05, 0) is 81.3 Å². The summed E-state index contributed by atoms with van der Waals surface area (Å²) in [6, 6.07) is 14.2. The number of terminal acetylenes is 1. The molecule has 0 spiro atoms. The molecular formula is C39H54N4O7S. The molecule has 1 saturated heterocycles. The van der Waals surface area contributed by atoms with Crippen LogP contribution in [0.25, 0.3) is 0 Å². The third kappa shape index (κ3) is 12.4. The van der Waals surface area contributed by atoms with E-state index >= 15 is 0 Å². The molecule has 5 atom stereocenters. The number of hydrogen-bond acceptors (Lipinski definition) is 8. The number of amides is 3. The van der Waals surface area contributed by atoms with Gasteiger partial charge in [-0.3, -0.25) is 19.3 Å². The van der Waals surface area contributed by atoms with Crippen LogP contribution in [0.5, 0.6) is 0 Å². The Bertz CT molecular complexity index is 1600. The number of carbonyl (C=O) groups excluding carboxylic acids is 3. The second-order valence-corrected chi connectivity index (χ2v) is 14.4. The molecule has 1 unspecified atom stereocenters. The number of nitrogens with zero attached hydrogens (tertiary/aromatic N) is 2. The lowest BCUT2D eigenvalue weighted by molar-refractivity contribution is -0.209. The Balaban J connectivity index is 1.43. The van der Waals surface area contributed by atoms with E-state index in [9.17, 15) is 29.7 Å². The van der Waals surface area contributed by atoms with Crippen molar-refractivity contribution in [3.63, 3.8) is 0 Å². The molecule has 11 nitrogen and oxygen atoms in total. The summed E-state index contributed by atoms with van der Waals surface area (Å²) in [5, 5.41) is 40.0. The third-order valence-corrected chi connectivity index (χ3v) is 9.51. The van der Waals surface area contributed by atoms with Crippen LogP contribution >= 0.6 is 11.2 Å². The second kappa shape index (κ2) is 19.7. The van der Waals surface area contributed by atoms with Gasteiger partial charge in [0.1, 0.15) is 36.1 Å². The number of rotatable bonds is 16. The molecule has 5 N–H and O–H groups in total. The molecule has 51 heavy (non-hydrogen) atoms. The largest absolute Gasteiger partial charge is 0.387 e. The standard InChI is InChI=1S/C39H54N4O7S/c1-8-20-43(6)33(45)24-42(5)21-19-40-38(49)39(3,4)41-32(44)12-10-9-11-27-14-16-28(17-15-27)22-30-23-29(18-13-26(30)2)37-36(48)35(47)34(46)31(50-37)25-51-7/h1,13-18,23,31,34-37,46-48H,9-12,19-22,24H2,2-7H3,(H,40,49)(H,41,44)/t31?,34-,35+,36-,37+/m1/s1. The van der Waals surface area contributed by atoms with Crippen LogP contribution < -0.4 is 10.6 Å². The van der Waals surface area contributed by atoms with Crippen LogP contribution in [0.1, 0.15) is 67.0 Å². The van der Waals surface area contributed by atoms with E-state index in [2.05, 4.69) is 46.0 Å². The minimum atomic E-state index is -1.35. The molecule has 3 rings (SSSR count). The molecule has 2 aromatic rings. The van der Waals surface area contributed by atoms with E-state index in [0.29, 0.717) is 32.4 Å². The number of aliphatic hydroxyl groups excluding tert-OH is 3. The zero-order valence-electron chi connectivity index (χ0n) is 30.6. The highest BCUT2D eigenvalue weighted by Crippen LogP contribution is 2.33. The van der Waals surface area contributed by atoms with Gasteiger partial charge < -0.3 is 35.6 Å². The molecule has 0 aromatic heterocycles. The summed E-state index contributed by atoms with van der Waals surface area (Å²) in [5.74, 6) is 1.86. The van der Waals surface area contributed by atoms with E-state index < -0.39 is 36.1 Å². The number of ether oxygens (including phenoxy) is 1. The predicted molar refractivity (Wildman–Crippen MR) is 200 cm³/mol. The molecule has 3 amide bonds. The van der Waals surface area contributed by atoms with Crippen molar-refractivity contribution >= 4 is 28.9 Å². The van der Waals surface area contributed by atoms with Gasteiger partial charge in [0, 0.05) is 32.8 Å². The molecule has 0 bridgehead atoms. The quantitative estimate of drug-likeness (QED) is 0.131. The number of aliphatic hydroxyl groups is 3. The molecule has 0 aliphatic carbocycles. The summed E-state index contributed by atoms with van der Waals surface area (Å²) in [4.78, 5) is 40.8. The number of unbranched alkanes of at least 4 members (excludes halogenated alkanes) is 1. The average Bonchev–Trinajstić information content (AvgIpc) is 3.08. The summed E-state index contributed by atoms with van der Waals surface area (Å²) in [7, 11) is 3.44. The lowest BCUT2D eigenvalue weighted by Gasteiger charge is -2.39. The van der Waals surface area contributed by atoms with Crippen molar-refractivity contribution in [1.82, 2.24) is 20.4 Å². The molecule has 1 aliphatic rings. The van der Waals surface area contributed by atoms with E-state index in [0.717, 1.165) is 40.7 Å². The number of aryl methyl sites for hydroxylation is 2. The smallest absolute Gasteiger partial charge is 0.245 e. The maximum absolute atomic E-state index is 12.8. The predicted octanol–water partition coefficient (Wildman–Crippen LogP) is 2.18. The fourth-order valence-electron chi connectivity index (χ4n) is 5.79. The molecule has 1 aliphatic heterocycles. The molecule has 1 fully saturated rings. The topological polar surface area (TPSA) is 152 Å².